The fraction of sp³-hybridized carbons (Fsp3) is 0.400. The maximum atomic E-state index is 13.2. The summed E-state index contributed by atoms with van der Waals surface area (Å²) in [5.41, 5.74) is 4.96. The minimum atomic E-state index is 0.0395. The second-order valence-electron chi connectivity index (χ2n) is 6.71. The van der Waals surface area contributed by atoms with Crippen molar-refractivity contribution in [3.63, 3.8) is 0 Å². The second kappa shape index (κ2) is 6.71. The minimum absolute atomic E-state index is 0.0395. The van der Waals surface area contributed by atoms with Crippen LogP contribution in [-0.4, -0.2) is 20.4 Å². The first-order valence-electron chi connectivity index (χ1n) is 8.67. The predicted molar refractivity (Wildman–Crippen MR) is 106 cm³/mol. The van der Waals surface area contributed by atoms with Gasteiger partial charge in [0, 0.05) is 22.7 Å². The summed E-state index contributed by atoms with van der Waals surface area (Å²) in [6.07, 6.45) is 2.07. The molecule has 25 heavy (non-hydrogen) atoms. The number of thioether (sulfide) groups is 1. The van der Waals surface area contributed by atoms with Gasteiger partial charge in [0.1, 0.15) is 5.52 Å². The van der Waals surface area contributed by atoms with Gasteiger partial charge in [0.2, 0.25) is 0 Å². The Kier molecular flexibility index (Phi) is 4.78. The van der Waals surface area contributed by atoms with E-state index in [9.17, 15) is 4.79 Å². The van der Waals surface area contributed by atoms with Crippen LogP contribution >= 0.6 is 11.8 Å². The van der Waals surface area contributed by atoms with Crippen LogP contribution in [0.25, 0.3) is 16.9 Å². The van der Waals surface area contributed by atoms with Gasteiger partial charge in [-0.25, -0.2) is 4.52 Å². The number of hydrogen-bond acceptors (Lipinski definition) is 3. The number of hydrogen-bond donors (Lipinski definition) is 0. The number of benzene rings is 1. The quantitative estimate of drug-likeness (QED) is 0.640. The molecule has 0 saturated heterocycles. The maximum Gasteiger partial charge on any atom is 0.278 e. The lowest BCUT2D eigenvalue weighted by Crippen LogP contribution is -2.26. The summed E-state index contributed by atoms with van der Waals surface area (Å²) in [6, 6.07) is 8.40. The van der Waals surface area contributed by atoms with Gasteiger partial charge in [-0.05, 0) is 68.3 Å². The fourth-order valence-electron chi connectivity index (χ4n) is 3.32. The number of fused-ring (bicyclic) bond motifs is 1. The summed E-state index contributed by atoms with van der Waals surface area (Å²) in [6.45, 7) is 10.9. The molecule has 2 heterocycles. The summed E-state index contributed by atoms with van der Waals surface area (Å²) in [5.74, 6) is 1.02. The van der Waals surface area contributed by atoms with Crippen molar-refractivity contribution in [2.45, 2.75) is 52.0 Å². The van der Waals surface area contributed by atoms with Gasteiger partial charge in [0.25, 0.3) is 5.56 Å². The van der Waals surface area contributed by atoms with Crippen LogP contribution in [0, 0.1) is 13.8 Å². The van der Waals surface area contributed by atoms with Gasteiger partial charge in [-0.2, -0.15) is 0 Å². The van der Waals surface area contributed by atoms with Crippen molar-refractivity contribution >= 4 is 17.3 Å². The highest BCUT2D eigenvalue weighted by Gasteiger charge is 2.19. The van der Waals surface area contributed by atoms with E-state index in [0.717, 1.165) is 28.2 Å². The molecule has 0 unspecified atom stereocenters. The van der Waals surface area contributed by atoms with E-state index in [4.69, 9.17) is 5.10 Å². The van der Waals surface area contributed by atoms with Gasteiger partial charge in [-0.1, -0.05) is 13.8 Å². The lowest BCUT2D eigenvalue weighted by molar-refractivity contribution is 0.686. The Morgan fingerprint density at radius 1 is 1.20 bits per heavy atom. The van der Waals surface area contributed by atoms with Gasteiger partial charge in [0.05, 0.1) is 0 Å². The first kappa shape index (κ1) is 17.8. The molecule has 0 fully saturated rings. The van der Waals surface area contributed by atoms with Crippen LogP contribution in [0.1, 0.15) is 43.5 Å². The molecule has 0 bridgehead atoms. The molecule has 0 aliphatic heterocycles. The molecule has 1 aromatic carbocycles. The van der Waals surface area contributed by atoms with E-state index in [2.05, 4.69) is 51.3 Å². The normalized spacial score (nSPS) is 11.6. The summed E-state index contributed by atoms with van der Waals surface area (Å²) < 4.78 is 3.61. The van der Waals surface area contributed by atoms with Crippen molar-refractivity contribution in [1.82, 2.24) is 14.2 Å². The van der Waals surface area contributed by atoms with E-state index in [-0.39, 0.29) is 11.5 Å². The molecule has 0 aliphatic carbocycles. The molecule has 2 aromatic heterocycles. The molecule has 0 amide bonds. The van der Waals surface area contributed by atoms with Gasteiger partial charge >= 0.3 is 0 Å². The van der Waals surface area contributed by atoms with E-state index in [1.807, 2.05) is 18.4 Å². The van der Waals surface area contributed by atoms with E-state index >= 15 is 0 Å². The SMILES string of the molecule is CCn1c(-c2ccc(SC)cc2C)nn2c(C)cc(C(C)C)c2c1=O. The molecular weight excluding hydrogens is 330 g/mol. The molecule has 3 rings (SSSR count). The zero-order valence-electron chi connectivity index (χ0n) is 15.8. The molecule has 0 radical (unpaired) electrons. The van der Waals surface area contributed by atoms with Crippen LogP contribution in [0.4, 0.5) is 0 Å². The Bertz CT molecular complexity index is 998. The van der Waals surface area contributed by atoms with E-state index < -0.39 is 0 Å². The molecule has 132 valence electrons. The number of aryl methyl sites for hydroxylation is 2. The maximum absolute atomic E-state index is 13.2. The molecule has 0 spiro atoms. The zero-order chi connectivity index (χ0) is 18.3. The first-order chi connectivity index (χ1) is 11.9. The highest BCUT2D eigenvalue weighted by Crippen LogP contribution is 2.27. The standard InChI is InChI=1S/C20H25N3OS/c1-7-22-19(16-9-8-15(25-6)10-13(16)4)21-23-14(5)11-17(12(2)3)18(23)20(22)24/h8-12H,7H2,1-6H3. The van der Waals surface area contributed by atoms with Crippen LogP contribution in [0.2, 0.25) is 0 Å². The highest BCUT2D eigenvalue weighted by atomic mass is 32.2. The molecule has 0 aliphatic rings. The lowest BCUT2D eigenvalue weighted by Gasteiger charge is -2.15. The molecule has 4 nitrogen and oxygen atoms in total. The summed E-state index contributed by atoms with van der Waals surface area (Å²) in [4.78, 5) is 14.4. The van der Waals surface area contributed by atoms with Gasteiger partial charge < -0.3 is 0 Å². The summed E-state index contributed by atoms with van der Waals surface area (Å²) in [5, 5.41) is 4.87. The first-order valence-corrected chi connectivity index (χ1v) is 9.89. The van der Waals surface area contributed by atoms with Crippen molar-refractivity contribution in [2.75, 3.05) is 6.26 Å². The lowest BCUT2D eigenvalue weighted by atomic mass is 10.1. The Hall–Kier alpha value is -2.01. The molecular formula is C20H25N3OS. The zero-order valence-corrected chi connectivity index (χ0v) is 16.6. The smallest absolute Gasteiger partial charge is 0.278 e. The van der Waals surface area contributed by atoms with Crippen molar-refractivity contribution in [3.8, 4) is 11.4 Å². The van der Waals surface area contributed by atoms with E-state index in [1.165, 1.54) is 4.90 Å². The minimum Gasteiger partial charge on any atom is -0.290 e. The van der Waals surface area contributed by atoms with Crippen molar-refractivity contribution in [2.24, 2.45) is 0 Å². The van der Waals surface area contributed by atoms with E-state index in [1.54, 1.807) is 16.3 Å². The second-order valence-corrected chi connectivity index (χ2v) is 7.59. The molecule has 0 saturated carbocycles. The van der Waals surface area contributed by atoms with Crippen LogP contribution < -0.4 is 5.56 Å². The molecule has 0 N–H and O–H groups in total. The average molecular weight is 356 g/mol. The van der Waals surface area contributed by atoms with E-state index in [0.29, 0.717) is 12.1 Å². The van der Waals surface area contributed by atoms with Gasteiger partial charge in [0.15, 0.2) is 5.82 Å². The third-order valence-electron chi connectivity index (χ3n) is 4.69. The van der Waals surface area contributed by atoms with Crippen LogP contribution in [-0.2, 0) is 6.54 Å². The molecule has 3 aromatic rings. The van der Waals surface area contributed by atoms with Gasteiger partial charge in [-0.15, -0.1) is 16.9 Å². The van der Waals surface area contributed by atoms with Gasteiger partial charge in [-0.3, -0.25) is 9.36 Å². The summed E-state index contributed by atoms with van der Waals surface area (Å²) >= 11 is 1.72. The van der Waals surface area contributed by atoms with Crippen LogP contribution in [0.5, 0.6) is 0 Å². The van der Waals surface area contributed by atoms with Crippen LogP contribution in [0.15, 0.2) is 34.0 Å². The molecule has 5 heteroatoms. The molecule has 0 atom stereocenters. The van der Waals surface area contributed by atoms with Crippen LogP contribution in [0.3, 0.4) is 0 Å². The van der Waals surface area contributed by atoms with Crippen molar-refractivity contribution in [1.29, 1.82) is 0 Å². The average Bonchev–Trinajstić information content (AvgIpc) is 2.92. The Morgan fingerprint density at radius 2 is 1.92 bits per heavy atom. The Balaban J connectivity index is 2.37. The largest absolute Gasteiger partial charge is 0.290 e. The number of rotatable bonds is 4. The predicted octanol–water partition coefficient (Wildman–Crippen LogP) is 4.65. The monoisotopic (exact) mass is 355 g/mol. The topological polar surface area (TPSA) is 39.3 Å². The summed E-state index contributed by atoms with van der Waals surface area (Å²) in [7, 11) is 0. The highest BCUT2D eigenvalue weighted by molar-refractivity contribution is 7.98. The third kappa shape index (κ3) is 2.91. The third-order valence-corrected chi connectivity index (χ3v) is 5.42. The Morgan fingerprint density at radius 3 is 2.48 bits per heavy atom. The van der Waals surface area contributed by atoms with Crippen molar-refractivity contribution < 1.29 is 0 Å². The van der Waals surface area contributed by atoms with Crippen molar-refractivity contribution in [3.05, 3.63) is 51.4 Å². The number of aromatic nitrogens is 3. The Labute approximate surface area is 152 Å². The fourth-order valence-corrected chi connectivity index (χ4v) is 3.81. The number of nitrogens with zero attached hydrogens (tertiary/aromatic N) is 3.